The summed E-state index contributed by atoms with van der Waals surface area (Å²) >= 11 is 0. The van der Waals surface area contributed by atoms with Gasteiger partial charge in [0.1, 0.15) is 0 Å². The van der Waals surface area contributed by atoms with Gasteiger partial charge in [-0.2, -0.15) is 0 Å². The first-order valence-corrected chi connectivity index (χ1v) is 27.1. The molecule has 11 aromatic rings. The van der Waals surface area contributed by atoms with Crippen molar-refractivity contribution in [1.29, 1.82) is 0 Å². The molecule has 0 spiro atoms. The Kier molecular flexibility index (Phi) is 10.2. The van der Waals surface area contributed by atoms with Crippen LogP contribution in [0.15, 0.2) is 256 Å². The van der Waals surface area contributed by atoms with Gasteiger partial charge in [0, 0.05) is 48.2 Å². The zero-order valence-electron chi connectivity index (χ0n) is 41.9. The highest BCUT2D eigenvalue weighted by molar-refractivity contribution is 8.34. The van der Waals surface area contributed by atoms with Crippen molar-refractivity contribution >= 4 is 72.0 Å². The highest BCUT2D eigenvalue weighted by Crippen LogP contribution is 2.74. The average Bonchev–Trinajstić information content (AvgIpc) is 3.74. The second-order valence-corrected chi connectivity index (χ2v) is 24.8. The number of hydrogen-bond acceptors (Lipinski definition) is 1. The van der Waals surface area contributed by atoms with Crippen LogP contribution < -0.4 is 21.3 Å². The van der Waals surface area contributed by atoms with Crippen LogP contribution in [0.5, 0.6) is 0 Å². The molecular formula is C68H57BN2S. The molecule has 3 heterocycles. The Hall–Kier alpha value is -7.79. The zero-order chi connectivity index (χ0) is 48.9. The monoisotopic (exact) mass is 944 g/mol. The maximum atomic E-state index is 2.60. The van der Waals surface area contributed by atoms with E-state index in [0.717, 1.165) is 11.4 Å². The third-order valence-corrected chi connectivity index (χ3v) is 19.4. The Morgan fingerprint density at radius 2 is 0.903 bits per heavy atom. The summed E-state index contributed by atoms with van der Waals surface area (Å²) in [6, 6.07) is 90.2. The molecule has 0 fully saturated rings. The number of benzene rings is 10. The lowest BCUT2D eigenvalue weighted by Gasteiger charge is -2.51. The standard InChI is InChI=1S/C68H57BN2S/c1-67(2,3)50-33-30-47(31-34-50)49-43-63-66-65(44-49)72(54-22-12-8-13-23-54,55-24-14-9-15-25-55)64-29-19-17-27-58(64)69(66)59-45-53(39-41-62(59)70(63)52-37-35-51(36-38-52)68(4,5)6)71-60-28-18-16-26-56(60)57-42-48(32-40-61(57)71)46-20-10-7-11-21-46/h7-45H,1-6H3. The van der Waals surface area contributed by atoms with E-state index in [9.17, 15) is 0 Å². The SMILES string of the molecule is CC(C)(C)c1ccc(-c2cc3c4c(c2)S(c2ccccc2)(c2ccccc2)c2ccccc2B4c2cc(-n4c5ccccc5c5cc(-c6ccccc6)ccc54)ccc2N3c2ccc(C(C)(C)C)cc2)cc1. The van der Waals surface area contributed by atoms with Crippen LogP contribution in [0, 0.1) is 0 Å². The van der Waals surface area contributed by atoms with Crippen LogP contribution >= 0.6 is 10.0 Å². The number of para-hydroxylation sites is 1. The lowest BCUT2D eigenvalue weighted by atomic mass is 9.34. The van der Waals surface area contributed by atoms with E-state index in [1.807, 2.05) is 0 Å². The Morgan fingerprint density at radius 1 is 0.361 bits per heavy atom. The Balaban J connectivity index is 1.14. The van der Waals surface area contributed by atoms with Crippen LogP contribution in [0.2, 0.25) is 0 Å². The molecule has 348 valence electrons. The van der Waals surface area contributed by atoms with Crippen molar-refractivity contribution in [3.63, 3.8) is 0 Å². The van der Waals surface area contributed by atoms with Gasteiger partial charge in [-0.3, -0.25) is 0 Å². The smallest absolute Gasteiger partial charge is 0.249 e. The van der Waals surface area contributed by atoms with Crippen molar-refractivity contribution < 1.29 is 0 Å². The topological polar surface area (TPSA) is 8.17 Å². The van der Waals surface area contributed by atoms with Crippen molar-refractivity contribution in [2.75, 3.05) is 4.90 Å². The van der Waals surface area contributed by atoms with Gasteiger partial charge in [-0.1, -0.05) is 193 Å². The molecule has 13 rings (SSSR count). The van der Waals surface area contributed by atoms with Crippen molar-refractivity contribution in [2.24, 2.45) is 0 Å². The summed E-state index contributed by atoms with van der Waals surface area (Å²) in [5.74, 6) is 0. The van der Waals surface area contributed by atoms with Gasteiger partial charge in [0.2, 0.25) is 6.71 Å². The maximum absolute atomic E-state index is 2.60. The molecule has 0 bridgehead atoms. The summed E-state index contributed by atoms with van der Waals surface area (Å²) in [5, 5.41) is 2.50. The van der Waals surface area contributed by atoms with E-state index in [2.05, 4.69) is 288 Å². The van der Waals surface area contributed by atoms with E-state index in [1.165, 1.54) is 103 Å². The second-order valence-electron chi connectivity index (χ2n) is 21.8. The number of anilines is 3. The maximum Gasteiger partial charge on any atom is 0.249 e. The minimum absolute atomic E-state index is 0.0127. The molecule has 2 nitrogen and oxygen atoms in total. The van der Waals surface area contributed by atoms with Crippen LogP contribution in [0.3, 0.4) is 0 Å². The van der Waals surface area contributed by atoms with E-state index in [0.29, 0.717) is 0 Å². The summed E-state index contributed by atoms with van der Waals surface area (Å²) in [6.07, 6.45) is 0. The highest BCUT2D eigenvalue weighted by atomic mass is 32.3. The predicted octanol–water partition coefficient (Wildman–Crippen LogP) is 16.7. The largest absolute Gasteiger partial charge is 0.311 e. The molecule has 0 aliphatic carbocycles. The first-order chi connectivity index (χ1) is 35.0. The van der Waals surface area contributed by atoms with Crippen LogP contribution in [0.4, 0.5) is 17.1 Å². The van der Waals surface area contributed by atoms with Gasteiger partial charge in [-0.05, 0) is 151 Å². The van der Waals surface area contributed by atoms with Crippen molar-refractivity contribution in [3.8, 4) is 27.9 Å². The highest BCUT2D eigenvalue weighted by Gasteiger charge is 2.49. The van der Waals surface area contributed by atoms with Crippen LogP contribution in [0.25, 0.3) is 49.7 Å². The first-order valence-electron chi connectivity index (χ1n) is 25.4. The molecule has 4 heteroatoms. The van der Waals surface area contributed by atoms with Crippen molar-refractivity contribution in [1.82, 2.24) is 4.57 Å². The van der Waals surface area contributed by atoms with Gasteiger partial charge in [0.25, 0.3) is 0 Å². The third kappa shape index (κ3) is 6.87. The lowest BCUT2D eigenvalue weighted by molar-refractivity contribution is 0.590. The Labute approximate surface area is 426 Å². The van der Waals surface area contributed by atoms with E-state index in [4.69, 9.17) is 0 Å². The number of rotatable bonds is 6. The molecule has 0 unspecified atom stereocenters. The van der Waals surface area contributed by atoms with Gasteiger partial charge in [-0.25, -0.2) is 0 Å². The summed E-state index contributed by atoms with van der Waals surface area (Å²) in [4.78, 5) is 8.07. The molecule has 0 saturated carbocycles. The van der Waals surface area contributed by atoms with Crippen LogP contribution in [0.1, 0.15) is 52.7 Å². The summed E-state index contributed by atoms with van der Waals surface area (Å²) < 4.78 is 2.50. The summed E-state index contributed by atoms with van der Waals surface area (Å²) in [5.41, 5.74) is 18.8. The molecule has 1 aromatic heterocycles. The number of fused-ring (bicyclic) bond motifs is 7. The fourth-order valence-corrected chi connectivity index (χ4v) is 16.2. The molecule has 2 aliphatic heterocycles. The zero-order valence-corrected chi connectivity index (χ0v) is 42.7. The molecular weight excluding hydrogens is 888 g/mol. The molecule has 0 radical (unpaired) electrons. The predicted molar refractivity (Wildman–Crippen MR) is 308 cm³/mol. The number of aromatic nitrogens is 1. The quantitative estimate of drug-likeness (QED) is 0.151. The van der Waals surface area contributed by atoms with E-state index in [-0.39, 0.29) is 17.5 Å². The lowest BCUT2D eigenvalue weighted by Crippen LogP contribution is -2.61. The van der Waals surface area contributed by atoms with E-state index in [1.54, 1.807) is 0 Å². The fourth-order valence-electron chi connectivity index (χ4n) is 11.9. The molecule has 10 aromatic carbocycles. The molecule has 72 heavy (non-hydrogen) atoms. The molecule has 2 aliphatic rings. The van der Waals surface area contributed by atoms with Gasteiger partial charge in [0.15, 0.2) is 0 Å². The molecule has 0 saturated heterocycles. The van der Waals surface area contributed by atoms with Gasteiger partial charge < -0.3 is 9.47 Å². The van der Waals surface area contributed by atoms with E-state index >= 15 is 0 Å². The van der Waals surface area contributed by atoms with Crippen LogP contribution in [-0.2, 0) is 10.8 Å². The molecule has 0 amide bonds. The average molecular weight is 945 g/mol. The second kappa shape index (κ2) is 16.7. The minimum atomic E-state index is -2.07. The number of hydrogen-bond donors (Lipinski definition) is 0. The first kappa shape index (κ1) is 44.2. The van der Waals surface area contributed by atoms with Crippen LogP contribution in [-0.4, -0.2) is 11.3 Å². The minimum Gasteiger partial charge on any atom is -0.311 e. The van der Waals surface area contributed by atoms with Gasteiger partial charge >= 0.3 is 0 Å². The van der Waals surface area contributed by atoms with E-state index < -0.39 is 10.0 Å². The van der Waals surface area contributed by atoms with Gasteiger partial charge in [-0.15, -0.1) is 10.0 Å². The summed E-state index contributed by atoms with van der Waals surface area (Å²) in [7, 11) is -2.07. The normalized spacial score (nSPS) is 14.2. The third-order valence-electron chi connectivity index (χ3n) is 15.4. The number of nitrogens with zero attached hydrogens (tertiary/aromatic N) is 2. The van der Waals surface area contributed by atoms with Gasteiger partial charge in [0.05, 0.1) is 11.0 Å². The molecule has 0 N–H and O–H groups in total. The Bertz CT molecular complexity index is 3820. The summed E-state index contributed by atoms with van der Waals surface area (Å²) in [6.45, 7) is 13.8. The van der Waals surface area contributed by atoms with Crippen molar-refractivity contribution in [3.05, 3.63) is 248 Å². The molecule has 0 atom stereocenters. The Morgan fingerprint density at radius 3 is 1.57 bits per heavy atom. The fraction of sp³-hybridized carbons (Fsp3) is 0.118. The van der Waals surface area contributed by atoms with Crippen molar-refractivity contribution in [2.45, 2.75) is 72.0 Å².